The minimum atomic E-state index is -0.252. The van der Waals surface area contributed by atoms with Gasteiger partial charge in [-0.2, -0.15) is 0 Å². The molecule has 2 atom stereocenters. The van der Waals surface area contributed by atoms with Crippen LogP contribution in [0.3, 0.4) is 0 Å². The van der Waals surface area contributed by atoms with Gasteiger partial charge in [0.15, 0.2) is 0 Å². The molecule has 0 aliphatic rings. The molecule has 1 unspecified atom stereocenters. The van der Waals surface area contributed by atoms with Crippen LogP contribution >= 0.6 is 0 Å². The monoisotopic (exact) mass is 201 g/mol. The number of nitrogens with two attached hydrogens (primary N) is 1. The lowest BCUT2D eigenvalue weighted by molar-refractivity contribution is -0.121. The third-order valence-electron chi connectivity index (χ3n) is 2.44. The lowest BCUT2D eigenvalue weighted by atomic mass is 9.99. The average Bonchev–Trinajstić information content (AvgIpc) is 2.10. The maximum absolute atomic E-state index is 11.1. The number of hydrogen-bond donors (Lipinski definition) is 2. The molecule has 0 rings (SSSR count). The van der Waals surface area contributed by atoms with Gasteiger partial charge < -0.3 is 16.0 Å². The summed E-state index contributed by atoms with van der Waals surface area (Å²) in [6, 6.07) is -0.194. The highest BCUT2D eigenvalue weighted by Crippen LogP contribution is 2.06. The predicted molar refractivity (Wildman–Crippen MR) is 59.0 cm³/mol. The highest BCUT2D eigenvalue weighted by atomic mass is 16.1. The second kappa shape index (κ2) is 6.79. The van der Waals surface area contributed by atoms with Crippen molar-refractivity contribution in [1.82, 2.24) is 10.2 Å². The SMILES string of the molecule is CCC(C)[C@H](NCCN(C)C)C(N)=O. The van der Waals surface area contributed by atoms with Crippen molar-refractivity contribution in [1.29, 1.82) is 0 Å². The molecule has 84 valence electrons. The van der Waals surface area contributed by atoms with Gasteiger partial charge >= 0.3 is 0 Å². The first-order valence-electron chi connectivity index (χ1n) is 5.16. The van der Waals surface area contributed by atoms with E-state index < -0.39 is 0 Å². The maximum Gasteiger partial charge on any atom is 0.234 e. The van der Waals surface area contributed by atoms with E-state index in [0.29, 0.717) is 5.92 Å². The number of primary amides is 1. The number of nitrogens with zero attached hydrogens (tertiary/aromatic N) is 1. The fourth-order valence-corrected chi connectivity index (χ4v) is 1.26. The average molecular weight is 201 g/mol. The molecule has 4 nitrogen and oxygen atoms in total. The van der Waals surface area contributed by atoms with Crippen LogP contribution in [0.2, 0.25) is 0 Å². The van der Waals surface area contributed by atoms with Gasteiger partial charge in [-0.25, -0.2) is 0 Å². The summed E-state index contributed by atoms with van der Waals surface area (Å²) < 4.78 is 0. The standard InChI is InChI=1S/C10H23N3O/c1-5-8(2)9(10(11)14)12-6-7-13(3)4/h8-9,12H,5-7H2,1-4H3,(H2,11,14)/t8?,9-/m0/s1. The molecule has 0 heterocycles. The second-order valence-electron chi connectivity index (χ2n) is 4.02. The maximum atomic E-state index is 11.1. The van der Waals surface area contributed by atoms with Gasteiger partial charge in [-0.3, -0.25) is 4.79 Å². The van der Waals surface area contributed by atoms with Crippen LogP contribution in [0, 0.1) is 5.92 Å². The lowest BCUT2D eigenvalue weighted by Gasteiger charge is -2.22. The third kappa shape index (κ3) is 5.19. The van der Waals surface area contributed by atoms with Crippen molar-refractivity contribution in [2.45, 2.75) is 26.3 Å². The molecule has 0 aromatic heterocycles. The molecule has 0 aliphatic heterocycles. The van der Waals surface area contributed by atoms with Crippen molar-refractivity contribution >= 4 is 5.91 Å². The van der Waals surface area contributed by atoms with Crippen LogP contribution in [-0.2, 0) is 4.79 Å². The molecule has 0 saturated carbocycles. The summed E-state index contributed by atoms with van der Waals surface area (Å²) in [5, 5.41) is 3.18. The number of amides is 1. The molecule has 4 heteroatoms. The Hall–Kier alpha value is -0.610. The van der Waals surface area contributed by atoms with Crippen LogP contribution in [0.4, 0.5) is 0 Å². The van der Waals surface area contributed by atoms with Gasteiger partial charge in [-0.05, 0) is 20.0 Å². The summed E-state index contributed by atoms with van der Waals surface area (Å²) in [5.41, 5.74) is 5.32. The second-order valence-corrected chi connectivity index (χ2v) is 4.02. The van der Waals surface area contributed by atoms with E-state index in [2.05, 4.69) is 17.1 Å². The molecule has 0 aliphatic carbocycles. The van der Waals surface area contributed by atoms with Crippen molar-refractivity contribution in [2.24, 2.45) is 11.7 Å². The summed E-state index contributed by atoms with van der Waals surface area (Å²) in [7, 11) is 4.01. The predicted octanol–water partition coefficient (Wildman–Crippen LogP) is 0.0376. The molecular formula is C10H23N3O. The topological polar surface area (TPSA) is 58.4 Å². The van der Waals surface area contributed by atoms with Gasteiger partial charge in [0.2, 0.25) is 5.91 Å². The largest absolute Gasteiger partial charge is 0.368 e. The zero-order valence-corrected chi connectivity index (χ0v) is 9.71. The Morgan fingerprint density at radius 3 is 2.43 bits per heavy atom. The number of carbonyl (C=O) groups excluding carboxylic acids is 1. The van der Waals surface area contributed by atoms with Gasteiger partial charge in [0.25, 0.3) is 0 Å². The molecule has 1 amide bonds. The first kappa shape index (κ1) is 13.4. The van der Waals surface area contributed by atoms with Crippen LogP contribution in [0.25, 0.3) is 0 Å². The lowest BCUT2D eigenvalue weighted by Crippen LogP contribution is -2.47. The number of hydrogen-bond acceptors (Lipinski definition) is 3. The van der Waals surface area contributed by atoms with E-state index in [-0.39, 0.29) is 11.9 Å². The summed E-state index contributed by atoms with van der Waals surface area (Å²) >= 11 is 0. The van der Waals surface area contributed by atoms with Crippen molar-refractivity contribution in [3.63, 3.8) is 0 Å². The zero-order valence-electron chi connectivity index (χ0n) is 9.71. The molecule has 0 radical (unpaired) electrons. The number of nitrogens with one attached hydrogen (secondary N) is 1. The molecule has 0 saturated heterocycles. The zero-order chi connectivity index (χ0) is 11.1. The van der Waals surface area contributed by atoms with E-state index in [1.807, 2.05) is 21.0 Å². The first-order valence-corrected chi connectivity index (χ1v) is 5.16. The van der Waals surface area contributed by atoms with Crippen LogP contribution in [0.15, 0.2) is 0 Å². The molecule has 14 heavy (non-hydrogen) atoms. The van der Waals surface area contributed by atoms with Crippen LogP contribution in [-0.4, -0.2) is 44.0 Å². The van der Waals surface area contributed by atoms with Crippen molar-refractivity contribution in [3.05, 3.63) is 0 Å². The Kier molecular flexibility index (Phi) is 6.49. The molecule has 0 aromatic carbocycles. The summed E-state index contributed by atoms with van der Waals surface area (Å²) in [5.74, 6) is 0.0489. The van der Waals surface area contributed by atoms with Gasteiger partial charge in [-0.15, -0.1) is 0 Å². The highest BCUT2D eigenvalue weighted by Gasteiger charge is 2.20. The van der Waals surface area contributed by atoms with Crippen LogP contribution in [0.5, 0.6) is 0 Å². The normalized spacial score (nSPS) is 15.5. The molecular weight excluding hydrogens is 178 g/mol. The summed E-state index contributed by atoms with van der Waals surface area (Å²) in [4.78, 5) is 13.2. The quantitative estimate of drug-likeness (QED) is 0.611. The Labute approximate surface area is 86.8 Å². The van der Waals surface area contributed by atoms with E-state index in [0.717, 1.165) is 19.5 Å². The van der Waals surface area contributed by atoms with E-state index in [1.165, 1.54) is 0 Å². The van der Waals surface area contributed by atoms with Crippen LogP contribution < -0.4 is 11.1 Å². The van der Waals surface area contributed by atoms with E-state index in [1.54, 1.807) is 0 Å². The van der Waals surface area contributed by atoms with Gasteiger partial charge in [0, 0.05) is 13.1 Å². The Morgan fingerprint density at radius 2 is 2.07 bits per heavy atom. The van der Waals surface area contributed by atoms with Crippen molar-refractivity contribution < 1.29 is 4.79 Å². The Bertz CT molecular complexity index is 171. The minimum Gasteiger partial charge on any atom is -0.368 e. The fraction of sp³-hybridized carbons (Fsp3) is 0.900. The van der Waals surface area contributed by atoms with E-state index >= 15 is 0 Å². The van der Waals surface area contributed by atoms with Gasteiger partial charge in [0.05, 0.1) is 6.04 Å². The summed E-state index contributed by atoms with van der Waals surface area (Å²) in [6.07, 6.45) is 0.961. The van der Waals surface area contributed by atoms with E-state index in [9.17, 15) is 4.79 Å². The van der Waals surface area contributed by atoms with E-state index in [4.69, 9.17) is 5.73 Å². The molecule has 3 N–H and O–H groups in total. The fourth-order valence-electron chi connectivity index (χ4n) is 1.26. The molecule has 0 bridgehead atoms. The molecule has 0 fully saturated rings. The number of likely N-dealkylation sites (N-methyl/N-ethyl adjacent to an activating group) is 1. The Balaban J connectivity index is 3.92. The first-order chi connectivity index (χ1) is 6.49. The van der Waals surface area contributed by atoms with Gasteiger partial charge in [-0.1, -0.05) is 20.3 Å². The number of carbonyl (C=O) groups is 1. The smallest absolute Gasteiger partial charge is 0.234 e. The molecule has 0 aromatic rings. The van der Waals surface area contributed by atoms with Crippen molar-refractivity contribution in [3.8, 4) is 0 Å². The van der Waals surface area contributed by atoms with Crippen molar-refractivity contribution in [2.75, 3.05) is 27.2 Å². The summed E-state index contributed by atoms with van der Waals surface area (Å²) in [6.45, 7) is 5.82. The van der Waals surface area contributed by atoms with Crippen LogP contribution in [0.1, 0.15) is 20.3 Å². The third-order valence-corrected chi connectivity index (χ3v) is 2.44. The Morgan fingerprint density at radius 1 is 1.50 bits per heavy atom. The number of rotatable bonds is 7. The van der Waals surface area contributed by atoms with Gasteiger partial charge in [0.1, 0.15) is 0 Å². The minimum absolute atomic E-state index is 0.194. The highest BCUT2D eigenvalue weighted by molar-refractivity contribution is 5.80. The molecule has 0 spiro atoms.